The van der Waals surface area contributed by atoms with Crippen molar-refractivity contribution in [2.75, 3.05) is 20.6 Å². The van der Waals surface area contributed by atoms with Crippen LogP contribution in [-0.2, 0) is 5.88 Å². The van der Waals surface area contributed by atoms with Crippen LogP contribution in [0.2, 0.25) is 0 Å². The Morgan fingerprint density at radius 2 is 1.67 bits per heavy atom. The average Bonchev–Trinajstić information content (AvgIpc) is 2.52. The number of ether oxygens (including phenoxy) is 1. The summed E-state index contributed by atoms with van der Waals surface area (Å²) in [6.45, 7) is 0.975. The van der Waals surface area contributed by atoms with Crippen LogP contribution in [0.1, 0.15) is 23.7 Å². The minimum absolute atomic E-state index is 0.0398. The highest BCUT2D eigenvalue weighted by molar-refractivity contribution is 6.17. The van der Waals surface area contributed by atoms with Gasteiger partial charge in [0, 0.05) is 18.5 Å². The number of rotatable bonds is 7. The maximum atomic E-state index is 6.26. The fourth-order valence-corrected chi connectivity index (χ4v) is 2.44. The van der Waals surface area contributed by atoms with Gasteiger partial charge in [-0.25, -0.2) is 0 Å². The fraction of sp³-hybridized carbons (Fsp3) is 0.333. The number of hydrogen-bond acceptors (Lipinski definition) is 2. The Labute approximate surface area is 132 Å². The third-order valence-corrected chi connectivity index (χ3v) is 3.68. The Morgan fingerprint density at radius 3 is 2.33 bits per heavy atom. The Morgan fingerprint density at radius 1 is 1.00 bits per heavy atom. The molecule has 0 aliphatic heterocycles. The van der Waals surface area contributed by atoms with Crippen molar-refractivity contribution in [1.29, 1.82) is 0 Å². The Kier molecular flexibility index (Phi) is 6.09. The SMILES string of the molecule is CN(C)CC[C@@H](Oc1ccccc1CCl)c1ccccc1. The lowest BCUT2D eigenvalue weighted by atomic mass is 10.1. The quantitative estimate of drug-likeness (QED) is 0.698. The molecule has 0 aliphatic carbocycles. The average molecular weight is 304 g/mol. The van der Waals surface area contributed by atoms with E-state index in [4.69, 9.17) is 16.3 Å². The maximum absolute atomic E-state index is 6.26. The van der Waals surface area contributed by atoms with Crippen LogP contribution < -0.4 is 4.74 Å². The highest BCUT2D eigenvalue weighted by atomic mass is 35.5. The maximum Gasteiger partial charge on any atom is 0.125 e. The monoisotopic (exact) mass is 303 g/mol. The molecule has 2 rings (SSSR count). The van der Waals surface area contributed by atoms with Gasteiger partial charge in [0.1, 0.15) is 11.9 Å². The van der Waals surface area contributed by atoms with Crippen LogP contribution in [0, 0.1) is 0 Å². The van der Waals surface area contributed by atoms with Crippen molar-refractivity contribution >= 4 is 11.6 Å². The Hall–Kier alpha value is -1.51. The van der Waals surface area contributed by atoms with E-state index in [0.29, 0.717) is 5.88 Å². The van der Waals surface area contributed by atoms with Gasteiger partial charge in [-0.05, 0) is 25.7 Å². The molecular weight excluding hydrogens is 282 g/mol. The second kappa shape index (κ2) is 8.06. The van der Waals surface area contributed by atoms with Gasteiger partial charge in [-0.1, -0.05) is 48.5 Å². The minimum atomic E-state index is 0.0398. The van der Waals surface area contributed by atoms with Crippen LogP contribution in [0.4, 0.5) is 0 Å². The normalized spacial score (nSPS) is 12.4. The summed E-state index contributed by atoms with van der Waals surface area (Å²) in [5.74, 6) is 1.34. The van der Waals surface area contributed by atoms with E-state index in [-0.39, 0.29) is 6.10 Å². The van der Waals surface area contributed by atoms with Crippen LogP contribution in [0.3, 0.4) is 0 Å². The molecule has 0 aromatic heterocycles. The molecule has 0 unspecified atom stereocenters. The molecule has 0 N–H and O–H groups in total. The molecule has 2 nitrogen and oxygen atoms in total. The van der Waals surface area contributed by atoms with Crippen LogP contribution in [0.25, 0.3) is 0 Å². The number of alkyl halides is 1. The Balaban J connectivity index is 2.19. The van der Waals surface area contributed by atoms with Crippen molar-refractivity contribution in [3.8, 4) is 5.75 Å². The molecule has 0 heterocycles. The van der Waals surface area contributed by atoms with Gasteiger partial charge >= 0.3 is 0 Å². The summed E-state index contributed by atoms with van der Waals surface area (Å²) in [6.07, 6.45) is 0.978. The highest BCUT2D eigenvalue weighted by Gasteiger charge is 2.15. The second-order valence-electron chi connectivity index (χ2n) is 5.35. The third kappa shape index (κ3) is 4.76. The van der Waals surface area contributed by atoms with Crippen molar-refractivity contribution in [1.82, 2.24) is 4.90 Å². The fourth-order valence-electron chi connectivity index (χ4n) is 2.22. The van der Waals surface area contributed by atoms with Crippen LogP contribution in [0.5, 0.6) is 5.75 Å². The zero-order valence-electron chi connectivity index (χ0n) is 12.6. The lowest BCUT2D eigenvalue weighted by Crippen LogP contribution is -2.19. The zero-order chi connectivity index (χ0) is 15.1. The first-order valence-corrected chi connectivity index (χ1v) is 7.74. The number of nitrogens with zero attached hydrogens (tertiary/aromatic N) is 1. The van der Waals surface area contributed by atoms with Crippen molar-refractivity contribution < 1.29 is 4.74 Å². The summed E-state index contributed by atoms with van der Waals surface area (Å²) in [4.78, 5) is 2.17. The van der Waals surface area contributed by atoms with Gasteiger partial charge in [0.2, 0.25) is 0 Å². The van der Waals surface area contributed by atoms with E-state index in [0.717, 1.165) is 24.3 Å². The molecule has 2 aromatic rings. The van der Waals surface area contributed by atoms with Crippen molar-refractivity contribution in [3.05, 3.63) is 65.7 Å². The van der Waals surface area contributed by atoms with Gasteiger partial charge in [0.05, 0.1) is 5.88 Å². The number of hydrogen-bond donors (Lipinski definition) is 0. The molecule has 0 saturated heterocycles. The molecule has 0 fully saturated rings. The van der Waals surface area contributed by atoms with E-state index in [2.05, 4.69) is 43.3 Å². The van der Waals surface area contributed by atoms with Crippen molar-refractivity contribution in [2.45, 2.75) is 18.4 Å². The van der Waals surface area contributed by atoms with E-state index in [1.807, 2.05) is 30.3 Å². The summed E-state index contributed by atoms with van der Waals surface area (Å²) in [5, 5.41) is 0. The molecule has 112 valence electrons. The predicted octanol–water partition coefficient (Wildman–Crippen LogP) is 4.50. The molecule has 3 heteroatoms. The highest BCUT2D eigenvalue weighted by Crippen LogP contribution is 2.28. The Bertz CT molecular complexity index is 542. The van der Waals surface area contributed by atoms with Gasteiger partial charge in [0.25, 0.3) is 0 Å². The standard InChI is InChI=1S/C18H22ClNO/c1-20(2)13-12-18(15-8-4-3-5-9-15)21-17-11-7-6-10-16(17)14-19/h3-11,18H,12-14H2,1-2H3/t18-/m1/s1. The van der Waals surface area contributed by atoms with E-state index in [1.165, 1.54) is 5.56 Å². The number of para-hydroxylation sites is 1. The first-order chi connectivity index (χ1) is 10.2. The first kappa shape index (κ1) is 15.9. The molecule has 0 amide bonds. The van der Waals surface area contributed by atoms with Crippen molar-refractivity contribution in [2.24, 2.45) is 0 Å². The van der Waals surface area contributed by atoms with E-state index in [1.54, 1.807) is 0 Å². The van der Waals surface area contributed by atoms with Gasteiger partial charge in [-0.2, -0.15) is 0 Å². The lowest BCUT2D eigenvalue weighted by Gasteiger charge is -2.22. The largest absolute Gasteiger partial charge is 0.485 e. The van der Waals surface area contributed by atoms with Gasteiger partial charge in [-0.15, -0.1) is 11.6 Å². The summed E-state index contributed by atoms with van der Waals surface area (Å²) in [5.41, 5.74) is 2.23. The first-order valence-electron chi connectivity index (χ1n) is 7.21. The van der Waals surface area contributed by atoms with Crippen LogP contribution >= 0.6 is 11.6 Å². The molecular formula is C18H22ClNO. The van der Waals surface area contributed by atoms with Gasteiger partial charge in [-0.3, -0.25) is 0 Å². The topological polar surface area (TPSA) is 12.5 Å². The summed E-state index contributed by atoms with van der Waals surface area (Å²) in [6, 6.07) is 18.3. The molecule has 0 aliphatic rings. The molecule has 0 bridgehead atoms. The van der Waals surface area contributed by atoms with Crippen molar-refractivity contribution in [3.63, 3.8) is 0 Å². The molecule has 0 spiro atoms. The molecule has 2 aromatic carbocycles. The molecule has 0 saturated carbocycles. The zero-order valence-corrected chi connectivity index (χ0v) is 13.4. The predicted molar refractivity (Wildman–Crippen MR) is 89.0 cm³/mol. The number of halogens is 1. The van der Waals surface area contributed by atoms with Crippen LogP contribution in [0.15, 0.2) is 54.6 Å². The van der Waals surface area contributed by atoms with Gasteiger partial charge in [0.15, 0.2) is 0 Å². The van der Waals surface area contributed by atoms with Crippen LogP contribution in [-0.4, -0.2) is 25.5 Å². The second-order valence-corrected chi connectivity index (χ2v) is 5.62. The summed E-state index contributed by atoms with van der Waals surface area (Å²) < 4.78 is 6.26. The van der Waals surface area contributed by atoms with E-state index >= 15 is 0 Å². The molecule has 21 heavy (non-hydrogen) atoms. The van der Waals surface area contributed by atoms with E-state index < -0.39 is 0 Å². The van der Waals surface area contributed by atoms with Gasteiger partial charge < -0.3 is 9.64 Å². The lowest BCUT2D eigenvalue weighted by molar-refractivity contribution is 0.178. The smallest absolute Gasteiger partial charge is 0.125 e. The minimum Gasteiger partial charge on any atom is -0.485 e. The molecule has 1 atom stereocenters. The third-order valence-electron chi connectivity index (χ3n) is 3.40. The molecule has 0 radical (unpaired) electrons. The summed E-state index contributed by atoms with van der Waals surface area (Å²) >= 11 is 6.00. The summed E-state index contributed by atoms with van der Waals surface area (Å²) in [7, 11) is 4.16. The van der Waals surface area contributed by atoms with E-state index in [9.17, 15) is 0 Å². The number of benzene rings is 2.